The molecule has 1 aromatic carbocycles. The van der Waals surface area contributed by atoms with E-state index in [1.165, 1.54) is 0 Å². The third kappa shape index (κ3) is 1.38. The van der Waals surface area contributed by atoms with Crippen LogP contribution >= 0.6 is 0 Å². The van der Waals surface area contributed by atoms with Crippen LogP contribution in [0.25, 0.3) is 5.70 Å². The first-order valence-electron chi connectivity index (χ1n) is 4.14. The Morgan fingerprint density at radius 1 is 1.47 bits per heavy atom. The molecule has 0 radical (unpaired) electrons. The molecule has 0 bridgehead atoms. The zero-order chi connectivity index (χ0) is 10.8. The van der Waals surface area contributed by atoms with Crippen molar-refractivity contribution < 1.29 is 14.7 Å². The lowest BCUT2D eigenvalue weighted by molar-refractivity contribution is -0.132. The third-order valence-corrected chi connectivity index (χ3v) is 2.00. The predicted octanol–water partition coefficient (Wildman–Crippen LogP) is 0.903. The molecular formula is C10H6N2O3. The molecule has 0 atom stereocenters. The maximum Gasteiger partial charge on any atom is 0.348 e. The van der Waals surface area contributed by atoms with Gasteiger partial charge in [-0.1, -0.05) is 12.1 Å². The number of hydrogen-bond donors (Lipinski definition) is 2. The monoisotopic (exact) mass is 202 g/mol. The van der Waals surface area contributed by atoms with E-state index in [2.05, 4.69) is 5.48 Å². The van der Waals surface area contributed by atoms with Crippen molar-refractivity contribution in [2.75, 3.05) is 0 Å². The van der Waals surface area contributed by atoms with Crippen molar-refractivity contribution >= 4 is 11.7 Å². The SMILES string of the molecule is N#CC(C(=O)O)=C1NOc2ccccc21. The van der Waals surface area contributed by atoms with Crippen LogP contribution < -0.4 is 10.3 Å². The number of fused-ring (bicyclic) bond motifs is 1. The van der Waals surface area contributed by atoms with Gasteiger partial charge in [0.25, 0.3) is 0 Å². The molecule has 2 N–H and O–H groups in total. The summed E-state index contributed by atoms with van der Waals surface area (Å²) in [6.45, 7) is 0. The molecule has 0 aliphatic carbocycles. The van der Waals surface area contributed by atoms with Crippen LogP contribution in [-0.2, 0) is 4.79 Å². The minimum atomic E-state index is -1.28. The van der Waals surface area contributed by atoms with Crippen LogP contribution in [0.15, 0.2) is 29.8 Å². The molecule has 5 heteroatoms. The van der Waals surface area contributed by atoms with Crippen LogP contribution in [0.1, 0.15) is 5.56 Å². The molecule has 0 saturated heterocycles. The number of hydroxylamine groups is 1. The van der Waals surface area contributed by atoms with Gasteiger partial charge in [0.05, 0.1) is 0 Å². The fourth-order valence-electron chi connectivity index (χ4n) is 1.32. The van der Waals surface area contributed by atoms with E-state index >= 15 is 0 Å². The normalized spacial score (nSPS) is 15.7. The highest BCUT2D eigenvalue weighted by atomic mass is 16.7. The first-order valence-corrected chi connectivity index (χ1v) is 4.14. The molecule has 0 aromatic heterocycles. The van der Waals surface area contributed by atoms with Gasteiger partial charge in [-0.3, -0.25) is 0 Å². The van der Waals surface area contributed by atoms with Crippen LogP contribution in [0.3, 0.4) is 0 Å². The van der Waals surface area contributed by atoms with Crippen molar-refractivity contribution in [1.29, 1.82) is 5.26 Å². The van der Waals surface area contributed by atoms with Crippen LogP contribution in [0.5, 0.6) is 5.75 Å². The van der Waals surface area contributed by atoms with E-state index in [0.717, 1.165) is 0 Å². The number of nitrogens with zero attached hydrogens (tertiary/aromatic N) is 1. The van der Waals surface area contributed by atoms with E-state index in [1.807, 2.05) is 0 Å². The first kappa shape index (κ1) is 9.09. The standard InChI is InChI=1S/C10H6N2O3/c11-5-7(10(13)14)9-6-3-1-2-4-8(6)15-12-9/h1-4,12H,(H,13,14). The molecule has 1 heterocycles. The van der Waals surface area contributed by atoms with Gasteiger partial charge in [-0.05, 0) is 12.1 Å². The Bertz CT molecular complexity index is 500. The number of carboxylic acids is 1. The molecule has 15 heavy (non-hydrogen) atoms. The van der Waals surface area contributed by atoms with Crippen molar-refractivity contribution in [3.8, 4) is 11.8 Å². The molecule has 0 spiro atoms. The number of rotatable bonds is 1. The van der Waals surface area contributed by atoms with Crippen LogP contribution in [0.4, 0.5) is 0 Å². The summed E-state index contributed by atoms with van der Waals surface area (Å²) < 4.78 is 0. The van der Waals surface area contributed by atoms with Gasteiger partial charge in [0.2, 0.25) is 0 Å². The number of para-hydroxylation sites is 1. The number of carboxylic acid groups (broad SMARTS) is 1. The van der Waals surface area contributed by atoms with Gasteiger partial charge >= 0.3 is 5.97 Å². The lowest BCUT2D eigenvalue weighted by Gasteiger charge is -1.98. The molecule has 74 valence electrons. The summed E-state index contributed by atoms with van der Waals surface area (Å²) in [6.07, 6.45) is 0. The third-order valence-electron chi connectivity index (χ3n) is 2.00. The Hall–Kier alpha value is -2.48. The largest absolute Gasteiger partial charge is 0.477 e. The summed E-state index contributed by atoms with van der Waals surface area (Å²) >= 11 is 0. The molecule has 1 aliphatic heterocycles. The Morgan fingerprint density at radius 3 is 2.87 bits per heavy atom. The van der Waals surface area contributed by atoms with Crippen molar-refractivity contribution in [2.24, 2.45) is 0 Å². The lowest BCUT2D eigenvalue weighted by Crippen LogP contribution is -2.13. The van der Waals surface area contributed by atoms with Gasteiger partial charge in [0, 0.05) is 5.56 Å². The number of nitriles is 1. The fourth-order valence-corrected chi connectivity index (χ4v) is 1.32. The Balaban J connectivity index is 2.61. The molecule has 0 fully saturated rings. The van der Waals surface area contributed by atoms with Gasteiger partial charge in [-0.25, -0.2) is 10.3 Å². The smallest absolute Gasteiger partial charge is 0.348 e. The second-order valence-corrected chi connectivity index (χ2v) is 2.87. The predicted molar refractivity (Wildman–Crippen MR) is 50.4 cm³/mol. The molecule has 0 amide bonds. The first-order chi connectivity index (χ1) is 7.24. The Kier molecular flexibility index (Phi) is 2.03. The van der Waals surface area contributed by atoms with Crippen molar-refractivity contribution in [3.63, 3.8) is 0 Å². The van der Waals surface area contributed by atoms with E-state index in [0.29, 0.717) is 11.3 Å². The van der Waals surface area contributed by atoms with Gasteiger partial charge < -0.3 is 9.94 Å². The van der Waals surface area contributed by atoms with Gasteiger partial charge in [-0.2, -0.15) is 5.26 Å². The zero-order valence-electron chi connectivity index (χ0n) is 7.52. The Morgan fingerprint density at radius 2 is 2.20 bits per heavy atom. The van der Waals surface area contributed by atoms with E-state index in [9.17, 15) is 4.79 Å². The second-order valence-electron chi connectivity index (χ2n) is 2.87. The van der Waals surface area contributed by atoms with E-state index in [-0.39, 0.29) is 11.3 Å². The highest BCUT2D eigenvalue weighted by Crippen LogP contribution is 2.31. The molecule has 1 aliphatic rings. The fraction of sp³-hybridized carbons (Fsp3) is 0. The van der Waals surface area contributed by atoms with Crippen molar-refractivity contribution in [3.05, 3.63) is 35.4 Å². The highest BCUT2D eigenvalue weighted by Gasteiger charge is 2.24. The quantitative estimate of drug-likeness (QED) is 0.522. The maximum absolute atomic E-state index is 10.8. The zero-order valence-corrected chi connectivity index (χ0v) is 7.52. The number of aliphatic carboxylic acids is 1. The lowest BCUT2D eigenvalue weighted by atomic mass is 10.1. The summed E-state index contributed by atoms with van der Waals surface area (Å²) in [4.78, 5) is 15.8. The number of carbonyl (C=O) groups is 1. The summed E-state index contributed by atoms with van der Waals surface area (Å²) in [7, 11) is 0. The minimum absolute atomic E-state index is 0.195. The number of nitrogens with one attached hydrogen (secondary N) is 1. The van der Waals surface area contributed by atoms with Gasteiger partial charge in [0.1, 0.15) is 11.8 Å². The molecule has 1 aromatic rings. The van der Waals surface area contributed by atoms with Crippen molar-refractivity contribution in [2.45, 2.75) is 0 Å². The highest BCUT2D eigenvalue weighted by molar-refractivity contribution is 6.01. The summed E-state index contributed by atoms with van der Waals surface area (Å²) in [6, 6.07) is 8.50. The van der Waals surface area contributed by atoms with Crippen LogP contribution in [-0.4, -0.2) is 11.1 Å². The number of benzene rings is 1. The van der Waals surface area contributed by atoms with Gasteiger partial charge in [-0.15, -0.1) is 0 Å². The molecule has 2 rings (SSSR count). The number of hydrogen-bond acceptors (Lipinski definition) is 4. The molecule has 5 nitrogen and oxygen atoms in total. The van der Waals surface area contributed by atoms with Crippen molar-refractivity contribution in [1.82, 2.24) is 5.48 Å². The summed E-state index contributed by atoms with van der Waals surface area (Å²) in [5.41, 5.74) is 2.84. The topological polar surface area (TPSA) is 82.4 Å². The summed E-state index contributed by atoms with van der Waals surface area (Å²) in [5, 5.41) is 17.5. The van der Waals surface area contributed by atoms with Crippen LogP contribution in [0, 0.1) is 11.3 Å². The van der Waals surface area contributed by atoms with E-state index in [1.54, 1.807) is 30.3 Å². The average Bonchev–Trinajstić information content (AvgIpc) is 2.63. The molecular weight excluding hydrogens is 196 g/mol. The van der Waals surface area contributed by atoms with Gasteiger partial charge in [0.15, 0.2) is 11.3 Å². The second kappa shape index (κ2) is 3.35. The Labute approximate surface area is 85.2 Å². The minimum Gasteiger partial charge on any atom is -0.477 e. The van der Waals surface area contributed by atoms with E-state index in [4.69, 9.17) is 15.2 Å². The maximum atomic E-state index is 10.8. The van der Waals surface area contributed by atoms with E-state index < -0.39 is 5.97 Å². The average molecular weight is 202 g/mol. The summed E-state index contributed by atoms with van der Waals surface area (Å²) in [5.74, 6) is -0.762. The molecule has 0 saturated carbocycles. The van der Waals surface area contributed by atoms with Crippen LogP contribution in [0.2, 0.25) is 0 Å². The molecule has 0 unspecified atom stereocenters.